The summed E-state index contributed by atoms with van der Waals surface area (Å²) in [5.74, 6) is -1.46. The van der Waals surface area contributed by atoms with Gasteiger partial charge in [0.05, 0.1) is 0 Å². The third-order valence-electron chi connectivity index (χ3n) is 3.14. The molecule has 1 N–H and O–H groups in total. The third-order valence-corrected chi connectivity index (χ3v) is 3.37. The number of carboxylic acid groups (broad SMARTS) is 1. The van der Waals surface area contributed by atoms with Gasteiger partial charge in [0.25, 0.3) is 6.29 Å². The van der Waals surface area contributed by atoms with Crippen molar-refractivity contribution >= 4 is 17.6 Å². The summed E-state index contributed by atoms with van der Waals surface area (Å²) in [5.41, 5.74) is 0.723. The number of benzene rings is 2. The maximum absolute atomic E-state index is 14.0. The van der Waals surface area contributed by atoms with Crippen molar-refractivity contribution in [2.24, 2.45) is 0 Å². The van der Waals surface area contributed by atoms with Crippen LogP contribution in [0.1, 0.15) is 17.2 Å². The van der Waals surface area contributed by atoms with Gasteiger partial charge in [0.2, 0.25) is 0 Å². The summed E-state index contributed by atoms with van der Waals surface area (Å²) < 4.78 is 24.6. The van der Waals surface area contributed by atoms with Gasteiger partial charge in [-0.2, -0.15) is 0 Å². The number of carbonyl (C=O) groups is 1. The Kier molecular flexibility index (Phi) is 3.53. The van der Waals surface area contributed by atoms with Gasteiger partial charge in [0, 0.05) is 16.1 Å². The smallest absolute Gasteiger partial charge is 0.373 e. The summed E-state index contributed by atoms with van der Waals surface area (Å²) in [6.07, 6.45) is -2.39. The molecule has 1 aliphatic rings. The van der Waals surface area contributed by atoms with Gasteiger partial charge in [0.15, 0.2) is 0 Å². The fourth-order valence-corrected chi connectivity index (χ4v) is 2.39. The molecule has 2 atom stereocenters. The Balaban J connectivity index is 2.13. The second-order valence-corrected chi connectivity index (χ2v) is 4.94. The Bertz CT molecular complexity index is 704. The standard InChI is InChI=1S/C15H10ClFO4/c16-8-5-6-12-10(7-8)13(21-15(20-12)14(18)19)9-3-1-2-4-11(9)17/h1-7,13,15H,(H,18,19). The molecule has 2 unspecified atom stereocenters. The Labute approximate surface area is 124 Å². The summed E-state index contributed by atoms with van der Waals surface area (Å²) in [5, 5.41) is 9.51. The van der Waals surface area contributed by atoms with Gasteiger partial charge in [-0.05, 0) is 24.3 Å². The summed E-state index contributed by atoms with van der Waals surface area (Å²) in [6, 6.07) is 10.7. The van der Waals surface area contributed by atoms with E-state index in [0.717, 1.165) is 0 Å². The molecule has 0 bridgehead atoms. The first-order valence-electron chi connectivity index (χ1n) is 6.15. The first-order valence-corrected chi connectivity index (χ1v) is 6.53. The molecule has 0 amide bonds. The van der Waals surface area contributed by atoms with Crippen LogP contribution in [0.2, 0.25) is 5.02 Å². The average molecular weight is 309 g/mol. The second-order valence-electron chi connectivity index (χ2n) is 4.51. The van der Waals surface area contributed by atoms with Crippen molar-refractivity contribution in [1.29, 1.82) is 0 Å². The van der Waals surface area contributed by atoms with Gasteiger partial charge in [-0.1, -0.05) is 29.8 Å². The molecule has 21 heavy (non-hydrogen) atoms. The highest BCUT2D eigenvalue weighted by molar-refractivity contribution is 6.30. The summed E-state index contributed by atoms with van der Waals surface area (Å²) in [4.78, 5) is 11.1. The fourth-order valence-electron chi connectivity index (χ4n) is 2.21. The normalized spacial score (nSPS) is 20.5. The van der Waals surface area contributed by atoms with Gasteiger partial charge in [0.1, 0.15) is 17.7 Å². The number of aliphatic carboxylic acids is 1. The molecule has 1 heterocycles. The highest BCUT2D eigenvalue weighted by Crippen LogP contribution is 2.40. The molecule has 0 saturated carbocycles. The van der Waals surface area contributed by atoms with Crippen molar-refractivity contribution in [2.75, 3.05) is 0 Å². The molecule has 0 radical (unpaired) electrons. The van der Waals surface area contributed by atoms with Crippen LogP contribution in [-0.4, -0.2) is 17.4 Å². The largest absolute Gasteiger partial charge is 0.477 e. The molecule has 3 rings (SSSR count). The molecule has 6 heteroatoms. The minimum Gasteiger partial charge on any atom is -0.477 e. The molecule has 108 valence electrons. The van der Waals surface area contributed by atoms with E-state index in [1.165, 1.54) is 12.1 Å². The molecular weight excluding hydrogens is 299 g/mol. The van der Waals surface area contributed by atoms with Crippen molar-refractivity contribution in [1.82, 2.24) is 0 Å². The van der Waals surface area contributed by atoms with Crippen LogP contribution in [0.15, 0.2) is 42.5 Å². The van der Waals surface area contributed by atoms with Crippen molar-refractivity contribution in [2.45, 2.75) is 12.4 Å². The monoisotopic (exact) mass is 308 g/mol. The summed E-state index contributed by atoms with van der Waals surface area (Å²) in [6.45, 7) is 0. The zero-order valence-corrected chi connectivity index (χ0v) is 11.4. The molecule has 0 fully saturated rings. The zero-order valence-electron chi connectivity index (χ0n) is 10.6. The first kappa shape index (κ1) is 13.9. The van der Waals surface area contributed by atoms with Crippen molar-refractivity contribution < 1.29 is 23.8 Å². The molecule has 2 aromatic rings. The lowest BCUT2D eigenvalue weighted by atomic mass is 9.99. The molecule has 0 saturated heterocycles. The van der Waals surface area contributed by atoms with Crippen molar-refractivity contribution in [3.63, 3.8) is 0 Å². The third kappa shape index (κ3) is 2.57. The van der Waals surface area contributed by atoms with E-state index in [2.05, 4.69) is 0 Å². The van der Waals surface area contributed by atoms with E-state index in [1.54, 1.807) is 30.3 Å². The molecular formula is C15H10ClFO4. The van der Waals surface area contributed by atoms with Crippen LogP contribution < -0.4 is 4.74 Å². The van der Waals surface area contributed by atoms with E-state index in [9.17, 15) is 9.18 Å². The van der Waals surface area contributed by atoms with E-state index in [1.807, 2.05) is 0 Å². The summed E-state index contributed by atoms with van der Waals surface area (Å²) >= 11 is 5.95. The molecule has 0 aromatic heterocycles. The number of fused-ring (bicyclic) bond motifs is 1. The quantitative estimate of drug-likeness (QED) is 0.924. The van der Waals surface area contributed by atoms with Crippen LogP contribution in [0.3, 0.4) is 0 Å². The van der Waals surface area contributed by atoms with Gasteiger partial charge >= 0.3 is 5.97 Å². The van der Waals surface area contributed by atoms with E-state index < -0.39 is 24.2 Å². The molecule has 4 nitrogen and oxygen atoms in total. The highest BCUT2D eigenvalue weighted by atomic mass is 35.5. The van der Waals surface area contributed by atoms with Crippen LogP contribution in [-0.2, 0) is 9.53 Å². The fraction of sp³-hybridized carbons (Fsp3) is 0.133. The van der Waals surface area contributed by atoms with Crippen molar-refractivity contribution in [3.8, 4) is 5.75 Å². The number of hydrogen-bond donors (Lipinski definition) is 1. The van der Waals surface area contributed by atoms with Gasteiger partial charge in [-0.25, -0.2) is 9.18 Å². The van der Waals surface area contributed by atoms with Crippen LogP contribution in [0, 0.1) is 5.82 Å². The Morgan fingerprint density at radius 2 is 1.95 bits per heavy atom. The minimum atomic E-state index is -1.50. The predicted molar refractivity (Wildman–Crippen MR) is 72.8 cm³/mol. The number of halogens is 2. The predicted octanol–water partition coefficient (Wildman–Crippen LogP) is 3.39. The van der Waals surface area contributed by atoms with Gasteiger partial charge in [-0.3, -0.25) is 0 Å². The molecule has 1 aliphatic heterocycles. The van der Waals surface area contributed by atoms with E-state index in [0.29, 0.717) is 16.3 Å². The molecule has 0 spiro atoms. The first-order chi connectivity index (χ1) is 10.1. The topological polar surface area (TPSA) is 55.8 Å². The van der Waals surface area contributed by atoms with Crippen LogP contribution >= 0.6 is 11.6 Å². The zero-order chi connectivity index (χ0) is 15.0. The average Bonchev–Trinajstić information content (AvgIpc) is 2.47. The Hall–Kier alpha value is -2.11. The molecule has 2 aromatic carbocycles. The highest BCUT2D eigenvalue weighted by Gasteiger charge is 2.35. The van der Waals surface area contributed by atoms with Crippen LogP contribution in [0.4, 0.5) is 4.39 Å². The second kappa shape index (κ2) is 5.35. The maximum Gasteiger partial charge on any atom is 0.373 e. The number of ether oxygens (including phenoxy) is 2. The Morgan fingerprint density at radius 1 is 1.19 bits per heavy atom. The minimum absolute atomic E-state index is 0.232. The van der Waals surface area contributed by atoms with Crippen molar-refractivity contribution in [3.05, 3.63) is 64.4 Å². The van der Waals surface area contributed by atoms with Crippen LogP contribution in [0.25, 0.3) is 0 Å². The van der Waals surface area contributed by atoms with E-state index in [4.69, 9.17) is 26.2 Å². The van der Waals surface area contributed by atoms with Gasteiger partial charge in [-0.15, -0.1) is 0 Å². The summed E-state index contributed by atoms with van der Waals surface area (Å²) in [7, 11) is 0. The maximum atomic E-state index is 14.0. The lowest BCUT2D eigenvalue weighted by Crippen LogP contribution is -2.36. The van der Waals surface area contributed by atoms with Gasteiger partial charge < -0.3 is 14.6 Å². The number of rotatable bonds is 2. The lowest BCUT2D eigenvalue weighted by molar-refractivity contribution is -0.183. The van der Waals surface area contributed by atoms with Crippen LogP contribution in [0.5, 0.6) is 5.75 Å². The van der Waals surface area contributed by atoms with E-state index >= 15 is 0 Å². The number of hydrogen-bond acceptors (Lipinski definition) is 3. The lowest BCUT2D eigenvalue weighted by Gasteiger charge is -2.31. The van der Waals surface area contributed by atoms with E-state index in [-0.39, 0.29) is 5.56 Å². The Morgan fingerprint density at radius 3 is 2.67 bits per heavy atom. The number of carboxylic acids is 1. The SMILES string of the molecule is O=C(O)C1Oc2ccc(Cl)cc2C(c2ccccc2F)O1. The molecule has 0 aliphatic carbocycles.